The maximum Gasteiger partial charge on any atom is 0.586 e. The van der Waals surface area contributed by atoms with E-state index >= 15 is 0 Å². The fourth-order valence-corrected chi connectivity index (χ4v) is 3.69. The van der Waals surface area contributed by atoms with Crippen LogP contribution in [0.1, 0.15) is 16.2 Å². The summed E-state index contributed by atoms with van der Waals surface area (Å²) in [4.78, 5) is 17.0. The van der Waals surface area contributed by atoms with Gasteiger partial charge in [-0.15, -0.1) is 8.78 Å². The van der Waals surface area contributed by atoms with Crippen LogP contribution in [0.5, 0.6) is 11.5 Å². The number of hydrogen-bond acceptors (Lipinski definition) is 5. The fraction of sp³-hybridized carbons (Fsp3) is 0.0833. The lowest BCUT2D eigenvalue weighted by molar-refractivity contribution is -0.286. The summed E-state index contributed by atoms with van der Waals surface area (Å²) in [6.45, 7) is 1.69. The van der Waals surface area contributed by atoms with E-state index in [1.807, 2.05) is 30.3 Å². The average molecular weight is 469 g/mol. The van der Waals surface area contributed by atoms with E-state index < -0.39 is 12.2 Å². The molecule has 0 unspecified atom stereocenters. The Hall–Kier alpha value is -3.91. The van der Waals surface area contributed by atoms with Crippen molar-refractivity contribution < 1.29 is 27.5 Å². The summed E-state index contributed by atoms with van der Waals surface area (Å²) in [7, 11) is 0. The van der Waals surface area contributed by atoms with Gasteiger partial charge in [-0.05, 0) is 42.8 Å². The van der Waals surface area contributed by atoms with Crippen LogP contribution in [0.25, 0.3) is 22.6 Å². The van der Waals surface area contributed by atoms with Gasteiger partial charge in [0.1, 0.15) is 0 Å². The lowest BCUT2D eigenvalue weighted by Crippen LogP contribution is -2.25. The molecule has 0 spiro atoms. The number of oxazole rings is 1. The first-order chi connectivity index (χ1) is 15.8. The maximum absolute atomic E-state index is 13.3. The van der Waals surface area contributed by atoms with Gasteiger partial charge in [0, 0.05) is 22.9 Å². The second-order valence-corrected chi connectivity index (χ2v) is 7.68. The minimum Gasteiger partial charge on any atom is -0.431 e. The first-order valence-electron chi connectivity index (χ1n) is 9.83. The zero-order chi connectivity index (χ0) is 23.2. The Labute approximate surface area is 191 Å². The number of nitrogens with zero attached hydrogens (tertiary/aromatic N) is 1. The van der Waals surface area contributed by atoms with E-state index in [4.69, 9.17) is 16.0 Å². The molecule has 0 atom stereocenters. The summed E-state index contributed by atoms with van der Waals surface area (Å²) in [6.07, 6.45) is -3.72. The molecule has 0 radical (unpaired) electrons. The summed E-state index contributed by atoms with van der Waals surface area (Å²) in [6, 6.07) is 18.6. The highest BCUT2D eigenvalue weighted by Crippen LogP contribution is 2.46. The van der Waals surface area contributed by atoms with Crippen molar-refractivity contribution in [1.82, 2.24) is 4.98 Å². The molecule has 0 fully saturated rings. The summed E-state index contributed by atoms with van der Waals surface area (Å²) >= 11 is 6.24. The number of anilines is 1. The zero-order valence-corrected chi connectivity index (χ0v) is 17.8. The number of carbonyl (C=O) groups is 1. The second-order valence-electron chi connectivity index (χ2n) is 7.28. The van der Waals surface area contributed by atoms with Gasteiger partial charge in [0.2, 0.25) is 11.7 Å². The molecule has 0 bridgehead atoms. The largest absolute Gasteiger partial charge is 0.586 e. The molecule has 4 aromatic rings. The molecule has 1 N–H and O–H groups in total. The topological polar surface area (TPSA) is 73.6 Å². The fourth-order valence-electron chi connectivity index (χ4n) is 3.43. The highest BCUT2D eigenvalue weighted by atomic mass is 35.5. The number of hydrogen-bond donors (Lipinski definition) is 1. The van der Waals surface area contributed by atoms with Gasteiger partial charge in [0.25, 0.3) is 5.91 Å². The number of rotatable bonds is 4. The third kappa shape index (κ3) is 4.12. The van der Waals surface area contributed by atoms with E-state index in [0.29, 0.717) is 28.4 Å². The van der Waals surface area contributed by atoms with Crippen molar-refractivity contribution in [3.05, 3.63) is 83.2 Å². The lowest BCUT2D eigenvalue weighted by Gasteiger charge is -2.08. The Morgan fingerprint density at radius 3 is 2.33 bits per heavy atom. The van der Waals surface area contributed by atoms with Gasteiger partial charge in [0.15, 0.2) is 11.5 Å². The summed E-state index contributed by atoms with van der Waals surface area (Å²) in [5.74, 6) is -0.214. The van der Waals surface area contributed by atoms with Gasteiger partial charge in [-0.2, -0.15) is 0 Å². The number of carbonyl (C=O) groups excluding carboxylic acids is 1. The number of aromatic nitrogens is 1. The van der Waals surface area contributed by atoms with Crippen LogP contribution in [-0.2, 0) is 0 Å². The van der Waals surface area contributed by atoms with E-state index in [0.717, 1.165) is 5.56 Å². The molecule has 1 aliphatic heterocycles. The van der Waals surface area contributed by atoms with Crippen LogP contribution in [0.2, 0.25) is 5.02 Å². The van der Waals surface area contributed by atoms with Gasteiger partial charge >= 0.3 is 6.29 Å². The van der Waals surface area contributed by atoms with Crippen molar-refractivity contribution in [3.8, 4) is 34.1 Å². The van der Waals surface area contributed by atoms with Crippen molar-refractivity contribution in [3.63, 3.8) is 0 Å². The molecule has 1 amide bonds. The number of benzene rings is 3. The van der Waals surface area contributed by atoms with E-state index in [2.05, 4.69) is 19.8 Å². The molecule has 9 heteroatoms. The predicted molar refractivity (Wildman–Crippen MR) is 118 cm³/mol. The Morgan fingerprint density at radius 2 is 1.64 bits per heavy atom. The molecule has 33 heavy (non-hydrogen) atoms. The molecule has 2 heterocycles. The molecular formula is C24H15ClF2N2O4. The number of ether oxygens (including phenoxy) is 2. The Kier molecular flexibility index (Phi) is 5.02. The number of alkyl halides is 2. The third-order valence-electron chi connectivity index (χ3n) is 4.97. The van der Waals surface area contributed by atoms with Gasteiger partial charge < -0.3 is 19.2 Å². The van der Waals surface area contributed by atoms with Crippen molar-refractivity contribution >= 4 is 23.2 Å². The SMILES string of the molecule is Cc1nc(-c2ccccc2)oc1C(=O)Nc1ccc(-c2cc3c(cc2Cl)OC(F)(F)O3)cc1. The molecule has 1 aromatic heterocycles. The van der Waals surface area contributed by atoms with Gasteiger partial charge in [-0.3, -0.25) is 4.79 Å². The van der Waals surface area contributed by atoms with Crippen LogP contribution >= 0.6 is 11.6 Å². The quantitative estimate of drug-likeness (QED) is 0.368. The summed E-state index contributed by atoms with van der Waals surface area (Å²) < 4.78 is 41.2. The molecule has 5 rings (SSSR count). The van der Waals surface area contributed by atoms with Gasteiger partial charge in [0.05, 0.1) is 10.7 Å². The number of amides is 1. The van der Waals surface area contributed by atoms with Crippen molar-refractivity contribution in [2.24, 2.45) is 0 Å². The number of nitrogens with one attached hydrogen (secondary N) is 1. The molecular weight excluding hydrogens is 454 g/mol. The van der Waals surface area contributed by atoms with Gasteiger partial charge in [-0.25, -0.2) is 4.98 Å². The van der Waals surface area contributed by atoms with Crippen molar-refractivity contribution in [2.75, 3.05) is 5.32 Å². The molecule has 3 aromatic carbocycles. The maximum atomic E-state index is 13.3. The summed E-state index contributed by atoms with van der Waals surface area (Å²) in [5, 5.41) is 2.98. The molecule has 0 saturated heterocycles. The van der Waals surface area contributed by atoms with Crippen LogP contribution in [0.3, 0.4) is 0 Å². The molecule has 0 aliphatic carbocycles. The van der Waals surface area contributed by atoms with Crippen LogP contribution in [0, 0.1) is 6.92 Å². The minimum atomic E-state index is -3.72. The Bertz CT molecular complexity index is 1360. The van der Waals surface area contributed by atoms with E-state index in [-0.39, 0.29) is 22.3 Å². The van der Waals surface area contributed by atoms with Crippen LogP contribution in [0.4, 0.5) is 14.5 Å². The summed E-state index contributed by atoms with van der Waals surface area (Å²) in [5.41, 5.74) is 2.86. The average Bonchev–Trinajstić information content (AvgIpc) is 3.32. The van der Waals surface area contributed by atoms with E-state index in [1.165, 1.54) is 12.1 Å². The second kappa shape index (κ2) is 7.90. The smallest absolute Gasteiger partial charge is 0.431 e. The number of fused-ring (bicyclic) bond motifs is 1. The van der Waals surface area contributed by atoms with Gasteiger partial charge in [-0.1, -0.05) is 41.9 Å². The minimum absolute atomic E-state index is 0.105. The third-order valence-corrected chi connectivity index (χ3v) is 5.28. The molecule has 6 nitrogen and oxygen atoms in total. The monoisotopic (exact) mass is 468 g/mol. The van der Waals surface area contributed by atoms with Crippen molar-refractivity contribution in [1.29, 1.82) is 0 Å². The van der Waals surface area contributed by atoms with Crippen LogP contribution in [-0.4, -0.2) is 17.2 Å². The number of halogens is 3. The Morgan fingerprint density at radius 1 is 0.970 bits per heavy atom. The highest BCUT2D eigenvalue weighted by Gasteiger charge is 2.43. The first kappa shape index (κ1) is 21.0. The molecule has 166 valence electrons. The normalized spacial score (nSPS) is 13.7. The highest BCUT2D eigenvalue weighted by molar-refractivity contribution is 6.33. The molecule has 0 saturated carbocycles. The van der Waals surface area contributed by atoms with Crippen molar-refractivity contribution in [2.45, 2.75) is 13.2 Å². The lowest BCUT2D eigenvalue weighted by atomic mass is 10.0. The molecule has 1 aliphatic rings. The van der Waals surface area contributed by atoms with Crippen LogP contribution < -0.4 is 14.8 Å². The standard InChI is InChI=1S/C24H15ClF2N2O4/c1-13-21(31-23(28-13)15-5-3-2-4-6-15)22(30)29-16-9-7-14(8-10-16)17-11-19-20(12-18(17)25)33-24(26,27)32-19/h2-12H,1H3,(H,29,30). The van der Waals surface area contributed by atoms with Crippen LogP contribution in [0.15, 0.2) is 71.1 Å². The Balaban J connectivity index is 1.34. The first-order valence-corrected chi connectivity index (χ1v) is 10.2. The predicted octanol–water partition coefficient (Wildman–Crippen LogP) is 6.54. The van der Waals surface area contributed by atoms with E-state index in [1.54, 1.807) is 31.2 Å². The van der Waals surface area contributed by atoms with E-state index in [9.17, 15) is 13.6 Å². The number of aryl methyl sites for hydroxylation is 1. The zero-order valence-electron chi connectivity index (χ0n) is 17.1.